The Balaban J connectivity index is 2.96. The van der Waals surface area contributed by atoms with Crippen molar-refractivity contribution in [3.05, 3.63) is 32.7 Å². The first-order chi connectivity index (χ1) is 9.08. The third-order valence-corrected chi connectivity index (χ3v) is 3.63. The Morgan fingerprint density at radius 1 is 1.32 bits per heavy atom. The second-order valence-corrected chi connectivity index (χ2v) is 6.13. The first-order valence-electron chi connectivity index (χ1n) is 6.61. The van der Waals surface area contributed by atoms with Gasteiger partial charge in [0.1, 0.15) is 5.75 Å². The van der Waals surface area contributed by atoms with Gasteiger partial charge in [-0.05, 0) is 48.0 Å². The van der Waals surface area contributed by atoms with E-state index in [1.165, 1.54) is 0 Å². The molecule has 0 aromatic heterocycles. The Morgan fingerprint density at radius 2 is 2.05 bits per heavy atom. The maximum atomic E-state index is 5.82. The highest BCUT2D eigenvalue weighted by Crippen LogP contribution is 2.34. The van der Waals surface area contributed by atoms with Crippen LogP contribution in [-0.2, 0) is 0 Å². The molecule has 1 N–H and O–H groups in total. The van der Waals surface area contributed by atoms with Crippen molar-refractivity contribution >= 4 is 37.9 Å². The molecule has 0 aliphatic carbocycles. The van der Waals surface area contributed by atoms with Crippen LogP contribution in [0.25, 0.3) is 6.08 Å². The average molecular weight is 391 g/mol. The molecule has 0 fully saturated rings. The molecule has 0 spiro atoms. The second kappa shape index (κ2) is 8.77. The van der Waals surface area contributed by atoms with E-state index in [9.17, 15) is 0 Å². The zero-order valence-electron chi connectivity index (χ0n) is 11.7. The third kappa shape index (κ3) is 5.67. The van der Waals surface area contributed by atoms with Crippen molar-refractivity contribution in [3.63, 3.8) is 0 Å². The van der Waals surface area contributed by atoms with Crippen molar-refractivity contribution in [2.45, 2.75) is 33.2 Å². The van der Waals surface area contributed by atoms with E-state index in [0.717, 1.165) is 39.8 Å². The van der Waals surface area contributed by atoms with Crippen LogP contribution in [0.5, 0.6) is 5.75 Å². The van der Waals surface area contributed by atoms with Gasteiger partial charge in [0.15, 0.2) is 0 Å². The lowest BCUT2D eigenvalue weighted by Gasteiger charge is -2.12. The Morgan fingerprint density at radius 3 is 2.68 bits per heavy atom. The van der Waals surface area contributed by atoms with Gasteiger partial charge in [-0.3, -0.25) is 0 Å². The van der Waals surface area contributed by atoms with E-state index in [1.54, 1.807) is 0 Å². The Hall–Kier alpha value is -0.320. The first-order valence-corrected chi connectivity index (χ1v) is 8.20. The quantitative estimate of drug-likeness (QED) is 0.706. The van der Waals surface area contributed by atoms with Gasteiger partial charge in [-0.25, -0.2) is 0 Å². The van der Waals surface area contributed by atoms with Crippen LogP contribution in [0.1, 0.15) is 32.8 Å². The number of likely N-dealkylation sites (N-methyl/N-ethyl adjacent to an activating group) is 1. The minimum absolute atomic E-state index is 0.349. The summed E-state index contributed by atoms with van der Waals surface area (Å²) in [5.74, 6) is 0.907. The van der Waals surface area contributed by atoms with Gasteiger partial charge >= 0.3 is 0 Å². The standard InChI is InChI=1S/C15H21Br2NO/c1-4-8-19-15-12(7-6-11(3)18-5-2)9-13(16)10-14(15)17/h6-7,9-11,18H,4-5,8H2,1-3H3/b7-6+. The van der Waals surface area contributed by atoms with Crippen molar-refractivity contribution in [1.29, 1.82) is 0 Å². The average Bonchev–Trinajstić information content (AvgIpc) is 2.35. The second-order valence-electron chi connectivity index (χ2n) is 4.36. The van der Waals surface area contributed by atoms with Gasteiger partial charge in [0.25, 0.3) is 0 Å². The molecule has 0 amide bonds. The van der Waals surface area contributed by atoms with Crippen LogP contribution in [0.3, 0.4) is 0 Å². The summed E-state index contributed by atoms with van der Waals surface area (Å²) in [7, 11) is 0. The largest absolute Gasteiger partial charge is 0.492 e. The van der Waals surface area contributed by atoms with Gasteiger partial charge in [-0.1, -0.05) is 41.9 Å². The van der Waals surface area contributed by atoms with Crippen LogP contribution < -0.4 is 10.1 Å². The number of benzene rings is 1. The summed E-state index contributed by atoms with van der Waals surface area (Å²) in [6, 6.07) is 4.43. The minimum atomic E-state index is 0.349. The molecule has 106 valence electrons. The van der Waals surface area contributed by atoms with Crippen LogP contribution in [0, 0.1) is 0 Å². The van der Waals surface area contributed by atoms with Gasteiger partial charge in [0.05, 0.1) is 11.1 Å². The fourth-order valence-electron chi connectivity index (χ4n) is 1.70. The zero-order valence-corrected chi connectivity index (χ0v) is 14.8. The van der Waals surface area contributed by atoms with E-state index in [2.05, 4.69) is 76.2 Å². The van der Waals surface area contributed by atoms with Gasteiger partial charge in [-0.2, -0.15) is 0 Å². The van der Waals surface area contributed by atoms with Crippen LogP contribution in [0.4, 0.5) is 0 Å². The number of hydrogen-bond donors (Lipinski definition) is 1. The molecule has 1 unspecified atom stereocenters. The van der Waals surface area contributed by atoms with Gasteiger partial charge in [0.2, 0.25) is 0 Å². The monoisotopic (exact) mass is 389 g/mol. The molecule has 1 rings (SSSR count). The van der Waals surface area contributed by atoms with Crippen molar-refractivity contribution in [2.24, 2.45) is 0 Å². The number of nitrogens with one attached hydrogen (secondary N) is 1. The highest BCUT2D eigenvalue weighted by Gasteiger charge is 2.08. The van der Waals surface area contributed by atoms with Crippen molar-refractivity contribution in [2.75, 3.05) is 13.2 Å². The number of ether oxygens (including phenoxy) is 1. The normalized spacial score (nSPS) is 12.9. The van der Waals surface area contributed by atoms with Gasteiger partial charge in [-0.15, -0.1) is 0 Å². The predicted molar refractivity (Wildman–Crippen MR) is 89.8 cm³/mol. The summed E-state index contributed by atoms with van der Waals surface area (Å²) in [5, 5.41) is 3.36. The molecule has 19 heavy (non-hydrogen) atoms. The third-order valence-electron chi connectivity index (χ3n) is 2.58. The smallest absolute Gasteiger partial charge is 0.140 e. The molecular weight excluding hydrogens is 370 g/mol. The van der Waals surface area contributed by atoms with E-state index in [0.29, 0.717) is 6.04 Å². The summed E-state index contributed by atoms with van der Waals surface area (Å²) in [5.41, 5.74) is 1.08. The highest BCUT2D eigenvalue weighted by atomic mass is 79.9. The van der Waals surface area contributed by atoms with E-state index >= 15 is 0 Å². The van der Waals surface area contributed by atoms with Crippen molar-refractivity contribution in [1.82, 2.24) is 5.32 Å². The predicted octanol–water partition coefficient (Wildman–Crippen LogP) is 5.01. The Bertz CT molecular complexity index is 432. The van der Waals surface area contributed by atoms with Gasteiger partial charge in [0, 0.05) is 16.1 Å². The maximum absolute atomic E-state index is 5.82. The minimum Gasteiger partial charge on any atom is -0.492 e. The summed E-state index contributed by atoms with van der Waals surface area (Å²) in [6.45, 7) is 8.04. The van der Waals surface area contributed by atoms with E-state index in [1.807, 2.05) is 6.07 Å². The Labute approximate surface area is 132 Å². The van der Waals surface area contributed by atoms with Crippen LogP contribution in [0.2, 0.25) is 0 Å². The molecule has 0 bridgehead atoms. The molecule has 4 heteroatoms. The molecule has 0 radical (unpaired) electrons. The molecule has 0 saturated carbocycles. The number of rotatable bonds is 7. The summed E-state index contributed by atoms with van der Waals surface area (Å²) in [6.07, 6.45) is 5.25. The highest BCUT2D eigenvalue weighted by molar-refractivity contribution is 9.11. The molecule has 0 aliphatic rings. The molecule has 1 atom stereocenters. The molecular formula is C15H21Br2NO. The topological polar surface area (TPSA) is 21.3 Å². The van der Waals surface area contributed by atoms with Crippen molar-refractivity contribution < 1.29 is 4.74 Å². The van der Waals surface area contributed by atoms with Gasteiger partial charge < -0.3 is 10.1 Å². The van der Waals surface area contributed by atoms with E-state index in [-0.39, 0.29) is 0 Å². The van der Waals surface area contributed by atoms with Crippen LogP contribution in [-0.4, -0.2) is 19.2 Å². The number of hydrogen-bond acceptors (Lipinski definition) is 2. The Kier molecular flexibility index (Phi) is 7.73. The molecule has 0 heterocycles. The van der Waals surface area contributed by atoms with Crippen molar-refractivity contribution in [3.8, 4) is 5.75 Å². The van der Waals surface area contributed by atoms with E-state index in [4.69, 9.17) is 4.74 Å². The lowest BCUT2D eigenvalue weighted by atomic mass is 10.1. The maximum Gasteiger partial charge on any atom is 0.140 e. The molecule has 0 saturated heterocycles. The lowest BCUT2D eigenvalue weighted by molar-refractivity contribution is 0.315. The van der Waals surface area contributed by atoms with E-state index < -0.39 is 0 Å². The first kappa shape index (κ1) is 16.7. The summed E-state index contributed by atoms with van der Waals surface area (Å²) in [4.78, 5) is 0. The molecule has 2 nitrogen and oxygen atoms in total. The SMILES string of the molecule is CCCOc1c(Br)cc(Br)cc1/C=C/C(C)NCC. The molecule has 0 aliphatic heterocycles. The van der Waals surface area contributed by atoms with Crippen LogP contribution in [0.15, 0.2) is 27.2 Å². The molecule has 1 aromatic rings. The fraction of sp³-hybridized carbons (Fsp3) is 0.467. The lowest BCUT2D eigenvalue weighted by Crippen LogP contribution is -2.22. The summed E-state index contributed by atoms with van der Waals surface area (Å²) < 4.78 is 7.84. The summed E-state index contributed by atoms with van der Waals surface area (Å²) >= 11 is 7.08. The fourth-order valence-corrected chi connectivity index (χ4v) is 3.07. The van der Waals surface area contributed by atoms with Crippen LogP contribution >= 0.6 is 31.9 Å². The zero-order chi connectivity index (χ0) is 14.3. The molecule has 1 aromatic carbocycles. The number of halogens is 2.